The normalized spacial score (nSPS) is 18.9. The molecule has 5 rings (SSSR count). The molecular weight excluding hydrogens is 390 g/mol. The van der Waals surface area contributed by atoms with Crippen molar-refractivity contribution in [3.05, 3.63) is 77.9 Å². The lowest BCUT2D eigenvalue weighted by Gasteiger charge is -2.28. The average Bonchev–Trinajstić information content (AvgIpc) is 3.42. The van der Waals surface area contributed by atoms with Crippen LogP contribution in [0.5, 0.6) is 0 Å². The van der Waals surface area contributed by atoms with E-state index in [1.165, 1.54) is 10.5 Å². The van der Waals surface area contributed by atoms with Gasteiger partial charge >= 0.3 is 0 Å². The summed E-state index contributed by atoms with van der Waals surface area (Å²) in [5, 5.41) is 12.8. The van der Waals surface area contributed by atoms with Crippen LogP contribution in [0, 0.1) is 6.92 Å². The minimum absolute atomic E-state index is 0.473. The third-order valence-corrected chi connectivity index (χ3v) is 5.95. The molecule has 0 amide bonds. The summed E-state index contributed by atoms with van der Waals surface area (Å²) in [5.74, 6) is 1.82. The molecule has 1 aliphatic heterocycles. The molecule has 2 aromatic carbocycles. The van der Waals surface area contributed by atoms with Crippen molar-refractivity contribution in [3.8, 4) is 22.7 Å². The Balaban J connectivity index is 1.23. The fourth-order valence-corrected chi connectivity index (χ4v) is 4.25. The first-order chi connectivity index (χ1) is 15.3. The number of aryl methyl sites for hydroxylation is 1. The van der Waals surface area contributed by atoms with Crippen LogP contribution in [-0.2, 0) is 13.1 Å². The second kappa shape index (κ2) is 8.83. The Bertz CT molecular complexity index is 1120. The summed E-state index contributed by atoms with van der Waals surface area (Å²) >= 11 is 0. The largest absolute Gasteiger partial charge is 0.415 e. The maximum atomic E-state index is 6.05. The zero-order valence-electron chi connectivity index (χ0n) is 17.7. The zero-order valence-corrected chi connectivity index (χ0v) is 17.7. The Labute approximate surface area is 181 Å². The minimum Gasteiger partial charge on any atom is -0.415 e. The molecule has 0 atom stereocenters. The first-order valence-electron chi connectivity index (χ1n) is 10.8. The molecule has 0 radical (unpaired) electrons. The van der Waals surface area contributed by atoms with Gasteiger partial charge in [-0.25, -0.2) is 0 Å². The van der Waals surface area contributed by atoms with E-state index in [9.17, 15) is 0 Å². The number of hydrogen-bond donors (Lipinski definition) is 2. The highest BCUT2D eigenvalue weighted by Gasteiger charge is 2.26. The quantitative estimate of drug-likeness (QED) is 0.493. The van der Waals surface area contributed by atoms with E-state index in [-0.39, 0.29) is 0 Å². The van der Waals surface area contributed by atoms with Crippen molar-refractivity contribution >= 4 is 0 Å². The topological polar surface area (TPSA) is 73.8 Å². The fraction of sp³-hybridized carbons (Fsp3) is 0.292. The molecule has 0 unspecified atom stereocenters. The standard InChI is InChI=1S/C24H25N5O2/c1-18-22(23(27-31-18)20-10-6-3-7-11-20)24-26-25-21(30-24)17-29-14-12-28(13-15-29)16-19-8-4-2-5-9-19/h2-11H,12-17H2,1H3/p+2. The van der Waals surface area contributed by atoms with Crippen LogP contribution in [0.15, 0.2) is 69.6 Å². The molecular formula is C24H27N5O2+2. The first-order valence-corrected chi connectivity index (χ1v) is 10.8. The van der Waals surface area contributed by atoms with Crippen LogP contribution in [0.3, 0.4) is 0 Å². The Morgan fingerprint density at radius 3 is 2.16 bits per heavy atom. The summed E-state index contributed by atoms with van der Waals surface area (Å²) in [6.45, 7) is 8.20. The Morgan fingerprint density at radius 1 is 0.806 bits per heavy atom. The molecule has 31 heavy (non-hydrogen) atoms. The second-order valence-electron chi connectivity index (χ2n) is 8.17. The first kappa shape index (κ1) is 19.7. The minimum atomic E-state index is 0.473. The Kier molecular flexibility index (Phi) is 5.60. The predicted octanol–water partition coefficient (Wildman–Crippen LogP) is 1.18. The molecule has 1 fully saturated rings. The number of nitrogens with one attached hydrogen (secondary N) is 2. The van der Waals surface area contributed by atoms with Crippen LogP contribution < -0.4 is 9.80 Å². The third-order valence-electron chi connectivity index (χ3n) is 5.95. The molecule has 3 heterocycles. The molecule has 2 N–H and O–H groups in total. The Hall–Kier alpha value is -3.29. The molecule has 0 aliphatic carbocycles. The SMILES string of the molecule is Cc1onc(-c2ccccc2)c1-c1nnc(C[NH+]2CC[NH+](Cc3ccccc3)CC2)o1. The lowest BCUT2D eigenvalue weighted by Crippen LogP contribution is -3.27. The highest BCUT2D eigenvalue weighted by Crippen LogP contribution is 2.33. The number of benzene rings is 2. The number of aromatic nitrogens is 3. The van der Waals surface area contributed by atoms with Gasteiger partial charge in [0.2, 0.25) is 0 Å². The van der Waals surface area contributed by atoms with Crippen molar-refractivity contribution in [3.63, 3.8) is 0 Å². The van der Waals surface area contributed by atoms with Crippen molar-refractivity contribution in [1.82, 2.24) is 15.4 Å². The number of nitrogens with zero attached hydrogens (tertiary/aromatic N) is 3. The molecule has 0 spiro atoms. The number of piperazine rings is 1. The third kappa shape index (κ3) is 4.42. The molecule has 0 bridgehead atoms. The van der Waals surface area contributed by atoms with Crippen molar-refractivity contribution in [2.24, 2.45) is 0 Å². The Morgan fingerprint density at radius 2 is 1.45 bits per heavy atom. The molecule has 2 aromatic heterocycles. The highest BCUT2D eigenvalue weighted by atomic mass is 16.5. The van der Waals surface area contributed by atoms with Crippen molar-refractivity contribution in [2.45, 2.75) is 20.0 Å². The highest BCUT2D eigenvalue weighted by molar-refractivity contribution is 5.77. The number of hydrogen-bond acceptors (Lipinski definition) is 5. The van der Waals surface area contributed by atoms with Crippen molar-refractivity contribution in [2.75, 3.05) is 26.2 Å². The molecule has 1 saturated heterocycles. The van der Waals surface area contributed by atoms with Crippen LogP contribution in [0.2, 0.25) is 0 Å². The van der Waals surface area contributed by atoms with Crippen LogP contribution >= 0.6 is 0 Å². The lowest BCUT2D eigenvalue weighted by atomic mass is 10.1. The van der Waals surface area contributed by atoms with E-state index < -0.39 is 0 Å². The molecule has 0 saturated carbocycles. The predicted molar refractivity (Wildman–Crippen MR) is 115 cm³/mol. The van der Waals surface area contributed by atoms with E-state index in [1.807, 2.05) is 37.3 Å². The van der Waals surface area contributed by atoms with E-state index in [0.29, 0.717) is 17.5 Å². The van der Waals surface area contributed by atoms with Gasteiger partial charge in [0, 0.05) is 11.1 Å². The van der Waals surface area contributed by atoms with Crippen LogP contribution in [-0.4, -0.2) is 41.5 Å². The summed E-state index contributed by atoms with van der Waals surface area (Å²) in [5.41, 5.74) is 3.88. The molecule has 4 aromatic rings. The molecule has 1 aliphatic rings. The van der Waals surface area contributed by atoms with Crippen molar-refractivity contribution < 1.29 is 18.7 Å². The average molecular weight is 418 g/mol. The van der Waals surface area contributed by atoms with Gasteiger partial charge in [-0.15, -0.1) is 10.2 Å². The molecule has 158 valence electrons. The summed E-state index contributed by atoms with van der Waals surface area (Å²) in [4.78, 5) is 3.12. The zero-order chi connectivity index (χ0) is 21.0. The smallest absolute Gasteiger partial charge is 0.271 e. The van der Waals surface area contributed by atoms with Gasteiger partial charge in [0.15, 0.2) is 6.54 Å². The van der Waals surface area contributed by atoms with E-state index in [4.69, 9.17) is 8.94 Å². The van der Waals surface area contributed by atoms with Gasteiger partial charge in [0.05, 0.1) is 0 Å². The number of rotatable bonds is 6. The molecule has 7 heteroatoms. The summed E-state index contributed by atoms with van der Waals surface area (Å²) in [6, 6.07) is 20.7. The van der Waals surface area contributed by atoms with E-state index in [2.05, 4.69) is 45.7 Å². The van der Waals surface area contributed by atoms with Gasteiger partial charge in [0.25, 0.3) is 11.8 Å². The van der Waals surface area contributed by atoms with E-state index in [0.717, 1.165) is 56.1 Å². The maximum absolute atomic E-state index is 6.05. The summed E-state index contributed by atoms with van der Waals surface area (Å²) in [7, 11) is 0. The van der Waals surface area contributed by atoms with Gasteiger partial charge < -0.3 is 18.7 Å². The number of quaternary nitrogens is 2. The van der Waals surface area contributed by atoms with Crippen LogP contribution in [0.25, 0.3) is 22.7 Å². The molecule has 7 nitrogen and oxygen atoms in total. The van der Waals surface area contributed by atoms with Gasteiger partial charge in [-0.05, 0) is 6.92 Å². The van der Waals surface area contributed by atoms with Gasteiger partial charge in [-0.2, -0.15) is 0 Å². The van der Waals surface area contributed by atoms with Crippen LogP contribution in [0.1, 0.15) is 17.2 Å². The fourth-order valence-electron chi connectivity index (χ4n) is 4.25. The summed E-state index contributed by atoms with van der Waals surface area (Å²) < 4.78 is 11.5. The van der Waals surface area contributed by atoms with Gasteiger partial charge in [0.1, 0.15) is 49.7 Å². The van der Waals surface area contributed by atoms with Crippen molar-refractivity contribution in [1.29, 1.82) is 0 Å². The van der Waals surface area contributed by atoms with E-state index in [1.54, 1.807) is 4.90 Å². The van der Waals surface area contributed by atoms with E-state index >= 15 is 0 Å². The monoisotopic (exact) mass is 417 g/mol. The second-order valence-corrected chi connectivity index (χ2v) is 8.17. The van der Waals surface area contributed by atoms with Gasteiger partial charge in [-0.1, -0.05) is 65.8 Å². The summed E-state index contributed by atoms with van der Waals surface area (Å²) in [6.07, 6.45) is 0. The lowest BCUT2D eigenvalue weighted by molar-refractivity contribution is -1.02. The van der Waals surface area contributed by atoms with Gasteiger partial charge in [-0.3, -0.25) is 0 Å². The van der Waals surface area contributed by atoms with Crippen LogP contribution in [0.4, 0.5) is 0 Å². The maximum Gasteiger partial charge on any atom is 0.271 e.